The van der Waals surface area contributed by atoms with Crippen molar-refractivity contribution in [2.24, 2.45) is 7.05 Å². The fourth-order valence-corrected chi connectivity index (χ4v) is 2.68. The molecule has 1 heterocycles. The third-order valence-electron chi connectivity index (χ3n) is 3.82. The van der Waals surface area contributed by atoms with Crippen molar-refractivity contribution >= 4 is 16.6 Å². The van der Waals surface area contributed by atoms with Gasteiger partial charge in [-0.15, -0.1) is 0 Å². The fourth-order valence-electron chi connectivity index (χ4n) is 2.68. The summed E-state index contributed by atoms with van der Waals surface area (Å²) in [6.07, 6.45) is 2.89. The van der Waals surface area contributed by atoms with Crippen LogP contribution in [0, 0.1) is 0 Å². The Kier molecular flexibility index (Phi) is 3.93. The number of aromatic nitrogens is 1. The Morgan fingerprint density at radius 1 is 1.05 bits per heavy atom. The van der Waals surface area contributed by atoms with Gasteiger partial charge in [0.25, 0.3) is 0 Å². The van der Waals surface area contributed by atoms with Crippen LogP contribution in [0.1, 0.15) is 11.1 Å². The Bertz CT molecular complexity index is 729. The highest BCUT2D eigenvalue weighted by atomic mass is 16.2. The first-order valence-electron chi connectivity index (χ1n) is 7.24. The van der Waals surface area contributed by atoms with Crippen molar-refractivity contribution < 1.29 is 5.11 Å². The molecule has 108 valence electrons. The topological polar surface area (TPSA) is 37.2 Å². The summed E-state index contributed by atoms with van der Waals surface area (Å²) in [4.78, 5) is 0. The SMILES string of the molecule is Cn1cc(CNc2ccc(CCO)cc2)c2ccccc21. The van der Waals surface area contributed by atoms with Crippen LogP contribution in [-0.2, 0) is 20.0 Å². The second-order valence-corrected chi connectivity index (χ2v) is 5.31. The lowest BCUT2D eigenvalue weighted by Gasteiger charge is -2.06. The Labute approximate surface area is 124 Å². The van der Waals surface area contributed by atoms with E-state index in [9.17, 15) is 0 Å². The molecule has 0 saturated heterocycles. The summed E-state index contributed by atoms with van der Waals surface area (Å²) in [5.74, 6) is 0. The van der Waals surface area contributed by atoms with E-state index in [4.69, 9.17) is 5.11 Å². The molecule has 0 atom stereocenters. The molecule has 2 N–H and O–H groups in total. The predicted molar refractivity (Wildman–Crippen MR) is 87.5 cm³/mol. The van der Waals surface area contributed by atoms with Crippen LogP contribution in [0.15, 0.2) is 54.7 Å². The van der Waals surface area contributed by atoms with Gasteiger partial charge in [-0.2, -0.15) is 0 Å². The number of benzene rings is 2. The lowest BCUT2D eigenvalue weighted by atomic mass is 10.1. The summed E-state index contributed by atoms with van der Waals surface area (Å²) in [6, 6.07) is 16.7. The Morgan fingerprint density at radius 3 is 2.57 bits per heavy atom. The highest BCUT2D eigenvalue weighted by Gasteiger charge is 2.05. The third-order valence-corrected chi connectivity index (χ3v) is 3.82. The van der Waals surface area contributed by atoms with Crippen molar-refractivity contribution in [3.8, 4) is 0 Å². The Balaban J connectivity index is 1.74. The number of hydrogen-bond donors (Lipinski definition) is 2. The smallest absolute Gasteiger partial charge is 0.0481 e. The van der Waals surface area contributed by atoms with Gasteiger partial charge in [-0.25, -0.2) is 0 Å². The lowest BCUT2D eigenvalue weighted by molar-refractivity contribution is 0.299. The molecule has 0 aliphatic rings. The first-order chi connectivity index (χ1) is 10.3. The number of aryl methyl sites for hydroxylation is 1. The Morgan fingerprint density at radius 2 is 1.81 bits per heavy atom. The van der Waals surface area contributed by atoms with Crippen molar-refractivity contribution in [3.05, 3.63) is 65.9 Å². The fraction of sp³-hybridized carbons (Fsp3) is 0.222. The molecule has 0 bridgehead atoms. The third kappa shape index (κ3) is 2.93. The minimum atomic E-state index is 0.197. The zero-order chi connectivity index (χ0) is 14.7. The number of nitrogens with zero attached hydrogens (tertiary/aromatic N) is 1. The van der Waals surface area contributed by atoms with E-state index >= 15 is 0 Å². The molecule has 3 heteroatoms. The summed E-state index contributed by atoms with van der Waals surface area (Å²) < 4.78 is 2.16. The minimum Gasteiger partial charge on any atom is -0.396 e. The number of anilines is 1. The van der Waals surface area contributed by atoms with Gasteiger partial charge in [-0.1, -0.05) is 30.3 Å². The van der Waals surface area contributed by atoms with Crippen LogP contribution in [0.5, 0.6) is 0 Å². The van der Waals surface area contributed by atoms with E-state index in [2.05, 4.69) is 71.7 Å². The van der Waals surface area contributed by atoms with Gasteiger partial charge in [-0.3, -0.25) is 0 Å². The summed E-state index contributed by atoms with van der Waals surface area (Å²) in [5.41, 5.74) is 4.82. The second kappa shape index (κ2) is 6.02. The van der Waals surface area contributed by atoms with Crippen molar-refractivity contribution in [2.45, 2.75) is 13.0 Å². The van der Waals surface area contributed by atoms with Crippen LogP contribution in [-0.4, -0.2) is 16.3 Å². The van der Waals surface area contributed by atoms with Crippen LogP contribution in [0.25, 0.3) is 10.9 Å². The first-order valence-corrected chi connectivity index (χ1v) is 7.24. The summed E-state index contributed by atoms with van der Waals surface area (Å²) in [5, 5.41) is 13.7. The number of para-hydroxylation sites is 1. The molecule has 21 heavy (non-hydrogen) atoms. The molecule has 0 aliphatic carbocycles. The van der Waals surface area contributed by atoms with Gasteiger partial charge in [0.15, 0.2) is 0 Å². The van der Waals surface area contributed by atoms with Gasteiger partial charge in [0.1, 0.15) is 0 Å². The number of hydrogen-bond acceptors (Lipinski definition) is 2. The van der Waals surface area contributed by atoms with E-state index in [1.54, 1.807) is 0 Å². The molecule has 0 amide bonds. The molecule has 0 saturated carbocycles. The second-order valence-electron chi connectivity index (χ2n) is 5.31. The number of rotatable bonds is 5. The number of fused-ring (bicyclic) bond motifs is 1. The average molecular weight is 280 g/mol. The monoisotopic (exact) mass is 280 g/mol. The molecule has 0 radical (unpaired) electrons. The van der Waals surface area contributed by atoms with Gasteiger partial charge in [-0.05, 0) is 35.7 Å². The zero-order valence-electron chi connectivity index (χ0n) is 12.2. The number of nitrogens with one attached hydrogen (secondary N) is 1. The highest BCUT2D eigenvalue weighted by molar-refractivity contribution is 5.84. The standard InChI is InChI=1S/C18H20N2O/c1-20-13-15(17-4-2-3-5-18(17)20)12-19-16-8-6-14(7-9-16)10-11-21/h2-9,13,19,21H,10-12H2,1H3. The minimum absolute atomic E-state index is 0.197. The largest absolute Gasteiger partial charge is 0.396 e. The van der Waals surface area contributed by atoms with Crippen LogP contribution in [0.4, 0.5) is 5.69 Å². The first kappa shape index (κ1) is 13.7. The number of aliphatic hydroxyl groups excluding tert-OH is 1. The molecule has 3 aromatic rings. The molecule has 1 aromatic heterocycles. The van der Waals surface area contributed by atoms with E-state index in [-0.39, 0.29) is 6.61 Å². The van der Waals surface area contributed by atoms with E-state index in [1.165, 1.54) is 16.5 Å². The summed E-state index contributed by atoms with van der Waals surface area (Å²) >= 11 is 0. The van der Waals surface area contributed by atoms with Crippen LogP contribution < -0.4 is 5.32 Å². The lowest BCUT2D eigenvalue weighted by Crippen LogP contribution is -1.99. The van der Waals surface area contributed by atoms with Gasteiger partial charge in [0, 0.05) is 43.0 Å². The molecule has 3 rings (SSSR count). The highest BCUT2D eigenvalue weighted by Crippen LogP contribution is 2.21. The molecule has 0 spiro atoms. The van der Waals surface area contributed by atoms with E-state index in [1.807, 2.05) is 0 Å². The molecular formula is C18H20N2O. The molecule has 3 nitrogen and oxygen atoms in total. The molecule has 2 aromatic carbocycles. The maximum Gasteiger partial charge on any atom is 0.0481 e. The molecule has 0 aliphatic heterocycles. The normalized spacial score (nSPS) is 11.0. The zero-order valence-corrected chi connectivity index (χ0v) is 12.2. The summed E-state index contributed by atoms with van der Waals surface area (Å²) in [7, 11) is 2.08. The maximum atomic E-state index is 8.93. The van der Waals surface area contributed by atoms with Gasteiger partial charge >= 0.3 is 0 Å². The van der Waals surface area contributed by atoms with Crippen molar-refractivity contribution in [2.75, 3.05) is 11.9 Å². The van der Waals surface area contributed by atoms with Gasteiger partial charge in [0.2, 0.25) is 0 Å². The van der Waals surface area contributed by atoms with Crippen molar-refractivity contribution in [1.82, 2.24) is 4.57 Å². The van der Waals surface area contributed by atoms with Crippen LogP contribution >= 0.6 is 0 Å². The molecule has 0 fully saturated rings. The quantitative estimate of drug-likeness (QED) is 0.752. The molecule has 0 unspecified atom stereocenters. The van der Waals surface area contributed by atoms with Crippen LogP contribution in [0.3, 0.4) is 0 Å². The Hall–Kier alpha value is -2.26. The number of aliphatic hydroxyl groups is 1. The van der Waals surface area contributed by atoms with Gasteiger partial charge in [0.05, 0.1) is 0 Å². The van der Waals surface area contributed by atoms with Crippen molar-refractivity contribution in [1.29, 1.82) is 0 Å². The van der Waals surface area contributed by atoms with Gasteiger partial charge < -0.3 is 15.0 Å². The predicted octanol–water partition coefficient (Wildman–Crippen LogP) is 3.33. The van der Waals surface area contributed by atoms with Crippen LogP contribution in [0.2, 0.25) is 0 Å². The van der Waals surface area contributed by atoms with E-state index < -0.39 is 0 Å². The summed E-state index contributed by atoms with van der Waals surface area (Å²) in [6.45, 7) is 1.00. The van der Waals surface area contributed by atoms with E-state index in [0.717, 1.165) is 17.8 Å². The maximum absolute atomic E-state index is 8.93. The average Bonchev–Trinajstić information content (AvgIpc) is 2.84. The molecular weight excluding hydrogens is 260 g/mol. The van der Waals surface area contributed by atoms with Crippen molar-refractivity contribution in [3.63, 3.8) is 0 Å². The van der Waals surface area contributed by atoms with E-state index in [0.29, 0.717) is 6.42 Å².